The predicted molar refractivity (Wildman–Crippen MR) is 41.1 cm³/mol. The molecule has 0 aliphatic heterocycles. The number of hydrogen-bond donors (Lipinski definition) is 0. The summed E-state index contributed by atoms with van der Waals surface area (Å²) in [5.74, 6) is 0. The lowest BCUT2D eigenvalue weighted by molar-refractivity contribution is -0.429. The summed E-state index contributed by atoms with van der Waals surface area (Å²) in [6.07, 6.45) is -21.7. The van der Waals surface area contributed by atoms with Gasteiger partial charge in [0.15, 0.2) is 0 Å². The Balaban J connectivity index is 5.75. The molecule has 0 N–H and O–H groups in total. The molecule has 11 heteroatoms. The molecule has 0 bridgehead atoms. The molecule has 0 rings (SSSR count). The third kappa shape index (κ3) is 2.87. The van der Waals surface area contributed by atoms with Crippen LogP contribution in [0.15, 0.2) is 0 Å². The maximum Gasteiger partial charge on any atom is 0.412 e. The van der Waals surface area contributed by atoms with Gasteiger partial charge < -0.3 is 4.43 Å². The van der Waals surface area contributed by atoms with Crippen LogP contribution in [0.1, 0.15) is 6.42 Å². The van der Waals surface area contributed by atoms with E-state index in [2.05, 4.69) is 4.43 Å². The minimum Gasteiger partial charge on any atom is -0.428 e. The summed E-state index contributed by atoms with van der Waals surface area (Å²) in [6.45, 7) is -1.26. The van der Waals surface area contributed by atoms with Crippen molar-refractivity contribution in [1.82, 2.24) is 0 Å². The van der Waals surface area contributed by atoms with Crippen LogP contribution in [0, 0.1) is 5.41 Å². The molecule has 0 amide bonds. The van der Waals surface area contributed by atoms with Gasteiger partial charge in [-0.3, -0.25) is 0 Å². The lowest BCUT2D eigenvalue weighted by atomic mass is 9.82. The fourth-order valence-corrected chi connectivity index (χ4v) is 1.37. The molecular weight excluding hydrogens is 287 g/mol. The highest BCUT2D eigenvalue weighted by atomic mass is 28.2. The van der Waals surface area contributed by atoms with Crippen LogP contribution in [0.5, 0.6) is 0 Å². The van der Waals surface area contributed by atoms with Crippen LogP contribution >= 0.6 is 0 Å². The summed E-state index contributed by atoms with van der Waals surface area (Å²) in [4.78, 5) is 0. The first kappa shape index (κ1) is 16.5. The van der Waals surface area contributed by atoms with E-state index in [9.17, 15) is 39.5 Å². The monoisotopic (exact) mass is 294 g/mol. The van der Waals surface area contributed by atoms with Crippen molar-refractivity contribution in [1.29, 1.82) is 0 Å². The second kappa shape index (κ2) is 4.67. The zero-order chi connectivity index (χ0) is 14.1. The highest BCUT2D eigenvalue weighted by Gasteiger charge is 2.82. The third-order valence-corrected chi connectivity index (χ3v) is 2.54. The fraction of sp³-hybridized carbons (Fsp3) is 1.00. The van der Waals surface area contributed by atoms with Gasteiger partial charge >= 0.3 is 18.5 Å². The van der Waals surface area contributed by atoms with Crippen molar-refractivity contribution >= 4 is 10.5 Å². The molecule has 0 saturated heterocycles. The molecule has 0 aliphatic carbocycles. The van der Waals surface area contributed by atoms with Crippen molar-refractivity contribution in [2.24, 2.45) is 5.41 Å². The van der Waals surface area contributed by atoms with Crippen molar-refractivity contribution in [3.63, 3.8) is 0 Å². The molecule has 0 aromatic heterocycles. The molecule has 0 radical (unpaired) electrons. The summed E-state index contributed by atoms with van der Waals surface area (Å²) in [5.41, 5.74) is -5.74. The molecule has 0 aromatic rings. The molecular formula is C6H7F9OSi. The molecule has 1 nitrogen and oxygen atoms in total. The number of alkyl halides is 9. The Morgan fingerprint density at radius 3 is 1.18 bits per heavy atom. The van der Waals surface area contributed by atoms with Crippen molar-refractivity contribution in [2.45, 2.75) is 24.9 Å². The second-order valence-corrected chi connectivity index (χ2v) is 3.72. The van der Waals surface area contributed by atoms with E-state index in [0.717, 1.165) is 0 Å². The highest BCUT2D eigenvalue weighted by molar-refractivity contribution is 5.97. The van der Waals surface area contributed by atoms with E-state index in [-0.39, 0.29) is 10.5 Å². The van der Waals surface area contributed by atoms with Crippen molar-refractivity contribution < 1.29 is 43.9 Å². The molecule has 0 saturated carbocycles. The van der Waals surface area contributed by atoms with Crippen molar-refractivity contribution in [3.05, 3.63) is 0 Å². The Kier molecular flexibility index (Phi) is 4.54. The number of hydrogen-bond acceptors (Lipinski definition) is 1. The average molecular weight is 294 g/mol. The van der Waals surface area contributed by atoms with E-state index < -0.39 is 37.0 Å². The smallest absolute Gasteiger partial charge is 0.412 e. The van der Waals surface area contributed by atoms with E-state index in [1.54, 1.807) is 0 Å². The first-order valence-electron chi connectivity index (χ1n) is 4.00. The summed E-state index contributed by atoms with van der Waals surface area (Å²) >= 11 is 0. The van der Waals surface area contributed by atoms with Crippen LogP contribution in [0.4, 0.5) is 39.5 Å². The Bertz CT molecular complexity index is 216. The van der Waals surface area contributed by atoms with E-state index in [0.29, 0.717) is 0 Å². The van der Waals surface area contributed by atoms with Crippen molar-refractivity contribution in [2.75, 3.05) is 6.61 Å². The summed E-state index contributed by atoms with van der Waals surface area (Å²) in [7, 11) is -0.259. The molecule has 0 fully saturated rings. The standard InChI is InChI=1S/C6H7F9OSi/c7-4(8,9)3(1-2-16-17,5(10,11)12)6(13,14)15/h1-2H2,17H3. The van der Waals surface area contributed by atoms with E-state index in [4.69, 9.17) is 0 Å². The van der Waals surface area contributed by atoms with Gasteiger partial charge in [0.25, 0.3) is 5.41 Å². The largest absolute Gasteiger partial charge is 0.428 e. The lowest BCUT2D eigenvalue weighted by Gasteiger charge is -2.38. The average Bonchev–Trinajstić information content (AvgIpc) is 1.96. The van der Waals surface area contributed by atoms with Gasteiger partial charge in [-0.2, -0.15) is 39.5 Å². The zero-order valence-corrected chi connectivity index (χ0v) is 10.2. The van der Waals surface area contributed by atoms with Crippen LogP contribution < -0.4 is 0 Å². The van der Waals surface area contributed by atoms with Gasteiger partial charge in [0.2, 0.25) is 0 Å². The minimum atomic E-state index is -6.48. The summed E-state index contributed by atoms with van der Waals surface area (Å²) < 4.78 is 114. The fourth-order valence-electron chi connectivity index (χ4n) is 1.16. The van der Waals surface area contributed by atoms with Gasteiger partial charge in [-0.15, -0.1) is 0 Å². The van der Waals surface area contributed by atoms with E-state index >= 15 is 0 Å². The lowest BCUT2D eigenvalue weighted by Crippen LogP contribution is -2.60. The Labute approximate surface area is 92.5 Å². The number of halogens is 9. The molecule has 104 valence electrons. The molecule has 17 heavy (non-hydrogen) atoms. The first-order chi connectivity index (χ1) is 7.31. The maximum absolute atomic E-state index is 12.2. The SMILES string of the molecule is FC(F)(F)C(CCO[SiH3])(C(F)(F)F)C(F)(F)F. The Hall–Kier alpha value is -0.453. The molecule has 0 unspecified atom stereocenters. The van der Waals surface area contributed by atoms with Gasteiger partial charge in [-0.25, -0.2) is 0 Å². The molecule has 0 atom stereocenters. The van der Waals surface area contributed by atoms with Crippen molar-refractivity contribution in [3.8, 4) is 0 Å². The van der Waals surface area contributed by atoms with Gasteiger partial charge in [-0.05, 0) is 0 Å². The van der Waals surface area contributed by atoms with Gasteiger partial charge in [0.1, 0.15) is 10.5 Å². The molecule has 0 heterocycles. The molecule has 0 spiro atoms. The van der Waals surface area contributed by atoms with Gasteiger partial charge in [0, 0.05) is 13.0 Å². The first-order valence-corrected chi connectivity index (χ1v) is 4.82. The summed E-state index contributed by atoms with van der Waals surface area (Å²) in [6, 6.07) is 0. The predicted octanol–water partition coefficient (Wildman–Crippen LogP) is 2.35. The Morgan fingerprint density at radius 1 is 0.706 bits per heavy atom. The highest BCUT2D eigenvalue weighted by Crippen LogP contribution is 2.61. The van der Waals surface area contributed by atoms with Crippen LogP contribution in [-0.4, -0.2) is 35.6 Å². The van der Waals surface area contributed by atoms with Crippen LogP contribution in [0.3, 0.4) is 0 Å². The zero-order valence-electron chi connectivity index (χ0n) is 8.22. The van der Waals surface area contributed by atoms with Crippen LogP contribution in [-0.2, 0) is 4.43 Å². The summed E-state index contributed by atoms with van der Waals surface area (Å²) in [5, 5.41) is 0. The molecule has 0 aromatic carbocycles. The quantitative estimate of drug-likeness (QED) is 0.573. The van der Waals surface area contributed by atoms with E-state index in [1.807, 2.05) is 0 Å². The second-order valence-electron chi connectivity index (χ2n) is 3.14. The van der Waals surface area contributed by atoms with Gasteiger partial charge in [0.05, 0.1) is 0 Å². The molecule has 0 aliphatic rings. The van der Waals surface area contributed by atoms with Crippen LogP contribution in [0.25, 0.3) is 0 Å². The maximum atomic E-state index is 12.2. The minimum absolute atomic E-state index is 0.259. The third-order valence-electron chi connectivity index (χ3n) is 2.13. The topological polar surface area (TPSA) is 9.23 Å². The van der Waals surface area contributed by atoms with Crippen LogP contribution in [0.2, 0.25) is 0 Å². The number of rotatable bonds is 3. The normalized spacial score (nSPS) is 15.4. The Morgan fingerprint density at radius 2 is 1.00 bits per heavy atom. The van der Waals surface area contributed by atoms with E-state index in [1.165, 1.54) is 0 Å². The van der Waals surface area contributed by atoms with Gasteiger partial charge in [-0.1, -0.05) is 0 Å².